The molecule has 1 aliphatic carbocycles. The molecule has 0 amide bonds. The maximum absolute atomic E-state index is 6.21. The minimum Gasteiger partial charge on any atom is -0.382 e. The van der Waals surface area contributed by atoms with Gasteiger partial charge in [0.2, 0.25) is 5.95 Å². The van der Waals surface area contributed by atoms with Crippen LogP contribution in [0.2, 0.25) is 0 Å². The van der Waals surface area contributed by atoms with E-state index in [-0.39, 0.29) is 0 Å². The first-order chi connectivity index (χ1) is 11.8. The Kier molecular flexibility index (Phi) is 2.72. The van der Waals surface area contributed by atoms with Crippen LogP contribution in [0, 0.1) is 0 Å². The van der Waals surface area contributed by atoms with E-state index in [0.29, 0.717) is 17.8 Å². The number of aromatic nitrogens is 6. The van der Waals surface area contributed by atoms with Crippen molar-refractivity contribution in [1.29, 1.82) is 0 Å². The van der Waals surface area contributed by atoms with Gasteiger partial charge in [0.15, 0.2) is 11.5 Å². The predicted octanol–water partition coefficient (Wildman–Crippen LogP) is 1.99. The Morgan fingerprint density at radius 2 is 2.00 bits per heavy atom. The van der Waals surface area contributed by atoms with Crippen LogP contribution < -0.4 is 11.1 Å². The van der Waals surface area contributed by atoms with Crippen LogP contribution in [0.4, 0.5) is 11.8 Å². The van der Waals surface area contributed by atoms with Crippen LogP contribution in [0.5, 0.6) is 0 Å². The fourth-order valence-corrected chi connectivity index (χ4v) is 3.01. The highest BCUT2D eigenvalue weighted by molar-refractivity contribution is 5.86. The summed E-state index contributed by atoms with van der Waals surface area (Å²) in [4.78, 5) is 8.63. The lowest BCUT2D eigenvalue weighted by Gasteiger charge is -2.26. The zero-order chi connectivity index (χ0) is 16.1. The molecule has 0 spiro atoms. The Labute approximate surface area is 137 Å². The van der Waals surface area contributed by atoms with E-state index < -0.39 is 0 Å². The fourth-order valence-electron chi connectivity index (χ4n) is 3.01. The molecule has 4 aromatic heterocycles. The van der Waals surface area contributed by atoms with Gasteiger partial charge >= 0.3 is 0 Å². The monoisotopic (exact) mass is 320 g/mol. The van der Waals surface area contributed by atoms with Crippen LogP contribution in [-0.2, 0) is 0 Å². The summed E-state index contributed by atoms with van der Waals surface area (Å²) in [6.45, 7) is 0. The number of nitrogens with two attached hydrogens (primary N) is 1. The van der Waals surface area contributed by atoms with Gasteiger partial charge in [-0.1, -0.05) is 0 Å². The predicted molar refractivity (Wildman–Crippen MR) is 90.6 cm³/mol. The van der Waals surface area contributed by atoms with Crippen molar-refractivity contribution in [3.8, 4) is 11.3 Å². The molecule has 4 aromatic rings. The fraction of sp³-hybridized carbons (Fsp3) is 0.250. The summed E-state index contributed by atoms with van der Waals surface area (Å²) >= 11 is 0. The second kappa shape index (κ2) is 4.92. The molecule has 1 aliphatic rings. The summed E-state index contributed by atoms with van der Waals surface area (Å²) < 4.78 is 3.50. The Hall–Kier alpha value is -3.16. The molecule has 0 aliphatic heterocycles. The lowest BCUT2D eigenvalue weighted by molar-refractivity contribution is 0.442. The SMILES string of the molecule is Nc1nc(NC2CCC2)nn2ccc(-c3ccc4nccn4n3)c12. The topological polar surface area (TPSA) is 98.4 Å². The number of nitrogen functional groups attached to an aromatic ring is 1. The van der Waals surface area contributed by atoms with Crippen LogP contribution in [0.25, 0.3) is 22.4 Å². The molecule has 1 fully saturated rings. The summed E-state index contributed by atoms with van der Waals surface area (Å²) in [6, 6.07) is 6.27. The zero-order valence-corrected chi connectivity index (χ0v) is 12.9. The summed E-state index contributed by atoms with van der Waals surface area (Å²) in [5, 5.41) is 12.4. The van der Waals surface area contributed by atoms with Crippen molar-refractivity contribution in [1.82, 2.24) is 29.2 Å². The van der Waals surface area contributed by atoms with E-state index in [1.54, 1.807) is 15.2 Å². The van der Waals surface area contributed by atoms with Gasteiger partial charge in [-0.15, -0.1) is 5.10 Å². The molecule has 1 saturated carbocycles. The maximum atomic E-state index is 6.21. The van der Waals surface area contributed by atoms with Gasteiger partial charge < -0.3 is 11.1 Å². The van der Waals surface area contributed by atoms with Gasteiger partial charge in [0, 0.05) is 30.2 Å². The largest absolute Gasteiger partial charge is 0.382 e. The lowest BCUT2D eigenvalue weighted by Crippen LogP contribution is -2.28. The molecular formula is C16H16N8. The van der Waals surface area contributed by atoms with Gasteiger partial charge in [-0.05, 0) is 37.5 Å². The number of fused-ring (bicyclic) bond motifs is 2. The third kappa shape index (κ3) is 1.99. The summed E-state index contributed by atoms with van der Waals surface area (Å²) in [6.07, 6.45) is 9.00. The quantitative estimate of drug-likeness (QED) is 0.599. The average Bonchev–Trinajstić information content (AvgIpc) is 3.16. The number of hydrogen-bond donors (Lipinski definition) is 2. The van der Waals surface area contributed by atoms with Crippen molar-refractivity contribution in [2.24, 2.45) is 0 Å². The highest BCUT2D eigenvalue weighted by atomic mass is 15.3. The molecule has 4 heterocycles. The van der Waals surface area contributed by atoms with Gasteiger partial charge in [0.05, 0.1) is 5.69 Å². The second-order valence-corrected chi connectivity index (χ2v) is 6.06. The summed E-state index contributed by atoms with van der Waals surface area (Å²) in [7, 11) is 0. The van der Waals surface area contributed by atoms with Crippen molar-refractivity contribution >= 4 is 22.9 Å². The summed E-state index contributed by atoms with van der Waals surface area (Å²) in [5.74, 6) is 1.02. The number of anilines is 2. The molecule has 0 unspecified atom stereocenters. The van der Waals surface area contributed by atoms with Crippen LogP contribution in [-0.4, -0.2) is 35.2 Å². The molecule has 0 aromatic carbocycles. The number of rotatable bonds is 3. The molecule has 5 rings (SSSR count). The third-order valence-corrected chi connectivity index (χ3v) is 4.51. The van der Waals surface area contributed by atoms with E-state index >= 15 is 0 Å². The van der Waals surface area contributed by atoms with E-state index in [1.165, 1.54) is 6.42 Å². The first-order valence-corrected chi connectivity index (χ1v) is 8.00. The highest BCUT2D eigenvalue weighted by Gasteiger charge is 2.19. The number of nitrogens with one attached hydrogen (secondary N) is 1. The van der Waals surface area contributed by atoms with Gasteiger partial charge in [0.25, 0.3) is 0 Å². The van der Waals surface area contributed by atoms with Crippen LogP contribution in [0.15, 0.2) is 36.8 Å². The van der Waals surface area contributed by atoms with Crippen molar-refractivity contribution in [3.05, 3.63) is 36.8 Å². The van der Waals surface area contributed by atoms with Gasteiger partial charge in [-0.3, -0.25) is 0 Å². The molecular weight excluding hydrogens is 304 g/mol. The van der Waals surface area contributed by atoms with Gasteiger partial charge in [0.1, 0.15) is 5.52 Å². The van der Waals surface area contributed by atoms with Gasteiger partial charge in [-0.25, -0.2) is 14.0 Å². The van der Waals surface area contributed by atoms with E-state index in [9.17, 15) is 0 Å². The van der Waals surface area contributed by atoms with Crippen molar-refractivity contribution < 1.29 is 0 Å². The van der Waals surface area contributed by atoms with Crippen LogP contribution >= 0.6 is 0 Å². The summed E-state index contributed by atoms with van der Waals surface area (Å²) in [5.41, 5.74) is 9.48. The molecule has 3 N–H and O–H groups in total. The minimum absolute atomic E-state index is 0.444. The van der Waals surface area contributed by atoms with E-state index in [2.05, 4.69) is 25.5 Å². The third-order valence-electron chi connectivity index (χ3n) is 4.51. The second-order valence-electron chi connectivity index (χ2n) is 6.06. The van der Waals surface area contributed by atoms with Gasteiger partial charge in [-0.2, -0.15) is 10.1 Å². The molecule has 0 atom stereocenters. The molecule has 0 bridgehead atoms. The molecule has 8 nitrogen and oxygen atoms in total. The minimum atomic E-state index is 0.444. The molecule has 0 radical (unpaired) electrons. The molecule has 8 heteroatoms. The van der Waals surface area contributed by atoms with Crippen molar-refractivity contribution in [2.45, 2.75) is 25.3 Å². The Bertz CT molecular complexity index is 1040. The number of nitrogens with zero attached hydrogens (tertiary/aromatic N) is 6. The molecule has 0 saturated heterocycles. The van der Waals surface area contributed by atoms with Crippen LogP contribution in [0.1, 0.15) is 19.3 Å². The highest BCUT2D eigenvalue weighted by Crippen LogP contribution is 2.28. The van der Waals surface area contributed by atoms with E-state index in [4.69, 9.17) is 5.73 Å². The maximum Gasteiger partial charge on any atom is 0.243 e. The standard InChI is InChI=1S/C16H16N8/c17-15-14-11(12-4-5-13-18-7-9-23(13)21-12)6-8-24(14)22-16(20-15)19-10-2-1-3-10/h4-10H,1-3H2,(H3,17,19,20,22). The Balaban J connectivity index is 1.60. The van der Waals surface area contributed by atoms with E-state index in [1.807, 2.05) is 30.6 Å². The number of imidazole rings is 1. The first-order valence-electron chi connectivity index (χ1n) is 8.00. The smallest absolute Gasteiger partial charge is 0.243 e. The zero-order valence-electron chi connectivity index (χ0n) is 12.9. The lowest BCUT2D eigenvalue weighted by atomic mass is 9.93. The Morgan fingerprint density at radius 3 is 2.83 bits per heavy atom. The van der Waals surface area contributed by atoms with Crippen LogP contribution in [0.3, 0.4) is 0 Å². The first kappa shape index (κ1) is 13.3. The Morgan fingerprint density at radius 1 is 1.08 bits per heavy atom. The molecule has 120 valence electrons. The van der Waals surface area contributed by atoms with E-state index in [0.717, 1.165) is 35.3 Å². The van der Waals surface area contributed by atoms with Crippen molar-refractivity contribution in [2.75, 3.05) is 11.1 Å². The average molecular weight is 320 g/mol. The normalized spacial score (nSPS) is 15.0. The molecule has 24 heavy (non-hydrogen) atoms. The number of hydrogen-bond acceptors (Lipinski definition) is 6. The van der Waals surface area contributed by atoms with Crippen molar-refractivity contribution in [3.63, 3.8) is 0 Å².